The van der Waals surface area contributed by atoms with Gasteiger partial charge in [0.2, 0.25) is 0 Å². The zero-order chi connectivity index (χ0) is 17.0. The average molecular weight is 319 g/mol. The molecule has 0 saturated carbocycles. The molecule has 1 aromatic rings. The van der Waals surface area contributed by atoms with Crippen molar-refractivity contribution in [3.8, 4) is 0 Å². The summed E-state index contributed by atoms with van der Waals surface area (Å²) in [6.45, 7) is 10.3. The number of nitrogens with zero attached hydrogens (tertiary/aromatic N) is 3. The molecule has 0 unspecified atom stereocenters. The van der Waals surface area contributed by atoms with E-state index in [1.807, 2.05) is 38.8 Å². The standard InChI is InChI=1S/C18H29N3O2/c1-14-6-7-16(19-12-14)20(5)13-15-8-10-21(11-9-15)17(22)23-18(2,3)4/h6-7,12,15H,8-11,13H2,1-5H3. The van der Waals surface area contributed by atoms with E-state index >= 15 is 0 Å². The van der Waals surface area contributed by atoms with E-state index in [1.165, 1.54) is 5.56 Å². The molecule has 2 rings (SSSR count). The maximum atomic E-state index is 12.1. The maximum absolute atomic E-state index is 12.1. The predicted molar refractivity (Wildman–Crippen MR) is 92.8 cm³/mol. The van der Waals surface area contributed by atoms with E-state index in [4.69, 9.17) is 4.74 Å². The molecule has 0 N–H and O–H groups in total. The Morgan fingerprint density at radius 1 is 1.35 bits per heavy atom. The van der Waals surface area contributed by atoms with Crippen LogP contribution in [0.25, 0.3) is 0 Å². The van der Waals surface area contributed by atoms with Gasteiger partial charge >= 0.3 is 6.09 Å². The summed E-state index contributed by atoms with van der Waals surface area (Å²) in [5.74, 6) is 1.59. The van der Waals surface area contributed by atoms with Crippen molar-refractivity contribution in [1.82, 2.24) is 9.88 Å². The lowest BCUT2D eigenvalue weighted by Crippen LogP contribution is -2.43. The molecule has 23 heavy (non-hydrogen) atoms. The summed E-state index contributed by atoms with van der Waals surface area (Å²) in [5, 5.41) is 0. The monoisotopic (exact) mass is 319 g/mol. The highest BCUT2D eigenvalue weighted by Crippen LogP contribution is 2.22. The van der Waals surface area contributed by atoms with Crippen molar-refractivity contribution >= 4 is 11.9 Å². The van der Waals surface area contributed by atoms with Crippen LogP contribution in [0.1, 0.15) is 39.2 Å². The Bertz CT molecular complexity index is 514. The minimum absolute atomic E-state index is 0.190. The van der Waals surface area contributed by atoms with Crippen LogP contribution in [0.2, 0.25) is 0 Å². The number of carbonyl (C=O) groups excluding carboxylic acids is 1. The molecular weight excluding hydrogens is 290 g/mol. The number of rotatable bonds is 3. The molecule has 1 fully saturated rings. The lowest BCUT2D eigenvalue weighted by Gasteiger charge is -2.35. The smallest absolute Gasteiger partial charge is 0.410 e. The third-order valence-electron chi connectivity index (χ3n) is 4.09. The van der Waals surface area contributed by atoms with E-state index in [0.29, 0.717) is 5.92 Å². The van der Waals surface area contributed by atoms with Gasteiger partial charge in [0.1, 0.15) is 11.4 Å². The van der Waals surface area contributed by atoms with Crippen LogP contribution >= 0.6 is 0 Å². The van der Waals surface area contributed by atoms with Gasteiger partial charge in [-0.1, -0.05) is 6.07 Å². The van der Waals surface area contributed by atoms with Crippen LogP contribution in [0.3, 0.4) is 0 Å². The molecule has 1 aliphatic rings. The van der Waals surface area contributed by atoms with Crippen molar-refractivity contribution in [1.29, 1.82) is 0 Å². The Morgan fingerprint density at radius 2 is 2.00 bits per heavy atom. The predicted octanol–water partition coefficient (Wildman–Crippen LogP) is 3.47. The quantitative estimate of drug-likeness (QED) is 0.856. The van der Waals surface area contributed by atoms with E-state index in [0.717, 1.165) is 38.3 Å². The molecule has 0 radical (unpaired) electrons. The van der Waals surface area contributed by atoms with Gasteiger partial charge in [0.05, 0.1) is 0 Å². The molecule has 1 aromatic heterocycles. The van der Waals surface area contributed by atoms with E-state index in [9.17, 15) is 4.79 Å². The van der Waals surface area contributed by atoms with Crippen molar-refractivity contribution in [2.45, 2.75) is 46.1 Å². The normalized spacial score (nSPS) is 16.3. The number of anilines is 1. The summed E-state index contributed by atoms with van der Waals surface area (Å²) in [6.07, 6.45) is 3.73. The second kappa shape index (κ2) is 7.20. The van der Waals surface area contributed by atoms with E-state index in [2.05, 4.69) is 29.1 Å². The van der Waals surface area contributed by atoms with Crippen LogP contribution in [-0.4, -0.2) is 48.3 Å². The highest BCUT2D eigenvalue weighted by molar-refractivity contribution is 5.68. The highest BCUT2D eigenvalue weighted by atomic mass is 16.6. The summed E-state index contributed by atoms with van der Waals surface area (Å²) in [5.41, 5.74) is 0.749. The average Bonchev–Trinajstić information content (AvgIpc) is 2.46. The summed E-state index contributed by atoms with van der Waals surface area (Å²) in [4.78, 5) is 20.6. The minimum atomic E-state index is -0.425. The third-order valence-corrected chi connectivity index (χ3v) is 4.09. The zero-order valence-corrected chi connectivity index (χ0v) is 15.0. The van der Waals surface area contributed by atoms with Gasteiger partial charge in [-0.25, -0.2) is 9.78 Å². The number of hydrogen-bond acceptors (Lipinski definition) is 4. The Labute approximate surface area is 139 Å². The second-order valence-electron chi connectivity index (χ2n) is 7.49. The largest absolute Gasteiger partial charge is 0.444 e. The Balaban J connectivity index is 1.80. The number of aryl methyl sites for hydroxylation is 1. The molecule has 128 valence electrons. The van der Waals surface area contributed by atoms with Crippen molar-refractivity contribution in [2.75, 3.05) is 31.6 Å². The van der Waals surface area contributed by atoms with Gasteiger partial charge in [-0.3, -0.25) is 0 Å². The van der Waals surface area contributed by atoms with E-state index < -0.39 is 5.60 Å². The first kappa shape index (κ1) is 17.6. The number of amides is 1. The van der Waals surface area contributed by atoms with Gasteiger partial charge in [-0.15, -0.1) is 0 Å². The number of ether oxygens (including phenoxy) is 1. The van der Waals surface area contributed by atoms with Crippen LogP contribution in [0.4, 0.5) is 10.6 Å². The number of pyridine rings is 1. The first-order valence-corrected chi connectivity index (χ1v) is 8.36. The third kappa shape index (κ3) is 5.41. The van der Waals surface area contributed by atoms with Crippen LogP contribution in [-0.2, 0) is 4.74 Å². The molecule has 1 amide bonds. The van der Waals surface area contributed by atoms with Crippen LogP contribution < -0.4 is 4.90 Å². The highest BCUT2D eigenvalue weighted by Gasteiger charge is 2.27. The molecule has 0 bridgehead atoms. The SMILES string of the molecule is Cc1ccc(N(C)CC2CCN(C(=O)OC(C)(C)C)CC2)nc1. The minimum Gasteiger partial charge on any atom is -0.444 e. The Kier molecular flexibility index (Phi) is 5.50. The van der Waals surface area contributed by atoms with Gasteiger partial charge in [0, 0.05) is 32.9 Å². The summed E-state index contributed by atoms with van der Waals surface area (Å²) in [6, 6.07) is 4.15. The molecule has 1 aliphatic heterocycles. The molecule has 5 nitrogen and oxygen atoms in total. The molecule has 0 spiro atoms. The lowest BCUT2D eigenvalue weighted by molar-refractivity contribution is 0.0186. The molecule has 0 aromatic carbocycles. The van der Waals surface area contributed by atoms with E-state index in [-0.39, 0.29) is 6.09 Å². The molecule has 0 atom stereocenters. The van der Waals surface area contributed by atoms with Crippen LogP contribution in [0, 0.1) is 12.8 Å². The fourth-order valence-electron chi connectivity index (χ4n) is 2.79. The fourth-order valence-corrected chi connectivity index (χ4v) is 2.79. The van der Waals surface area contributed by atoms with Crippen molar-refractivity contribution in [2.24, 2.45) is 5.92 Å². The summed E-state index contributed by atoms with van der Waals surface area (Å²) >= 11 is 0. The number of carbonyl (C=O) groups is 1. The van der Waals surface area contributed by atoms with Gasteiger partial charge in [-0.2, -0.15) is 0 Å². The first-order chi connectivity index (χ1) is 10.7. The van der Waals surface area contributed by atoms with Crippen molar-refractivity contribution < 1.29 is 9.53 Å². The molecule has 0 aliphatic carbocycles. The maximum Gasteiger partial charge on any atom is 0.410 e. The van der Waals surface area contributed by atoms with Gasteiger partial charge in [0.25, 0.3) is 0 Å². The second-order valence-corrected chi connectivity index (χ2v) is 7.49. The van der Waals surface area contributed by atoms with Crippen molar-refractivity contribution in [3.05, 3.63) is 23.9 Å². The molecule has 2 heterocycles. The summed E-state index contributed by atoms with van der Waals surface area (Å²) < 4.78 is 5.44. The van der Waals surface area contributed by atoms with Gasteiger partial charge in [-0.05, 0) is 58.1 Å². The van der Waals surface area contributed by atoms with Crippen molar-refractivity contribution in [3.63, 3.8) is 0 Å². The Hall–Kier alpha value is -1.78. The molecule has 5 heteroatoms. The topological polar surface area (TPSA) is 45.7 Å². The number of piperidine rings is 1. The van der Waals surface area contributed by atoms with Crippen LogP contribution in [0.5, 0.6) is 0 Å². The van der Waals surface area contributed by atoms with E-state index in [1.54, 1.807) is 0 Å². The number of likely N-dealkylation sites (tertiary alicyclic amines) is 1. The van der Waals surface area contributed by atoms with Crippen LogP contribution in [0.15, 0.2) is 18.3 Å². The number of aromatic nitrogens is 1. The molecule has 1 saturated heterocycles. The zero-order valence-electron chi connectivity index (χ0n) is 15.0. The van der Waals surface area contributed by atoms with Gasteiger partial charge in [0.15, 0.2) is 0 Å². The lowest BCUT2D eigenvalue weighted by atomic mass is 9.96. The first-order valence-electron chi connectivity index (χ1n) is 8.36. The van der Waals surface area contributed by atoms with Gasteiger partial charge < -0.3 is 14.5 Å². The number of hydrogen-bond donors (Lipinski definition) is 0. The fraction of sp³-hybridized carbons (Fsp3) is 0.667. The summed E-state index contributed by atoms with van der Waals surface area (Å²) in [7, 11) is 2.08. The Morgan fingerprint density at radius 3 is 2.52 bits per heavy atom. The molecular formula is C18H29N3O2.